The molecule has 0 aliphatic carbocycles. The molecule has 1 aliphatic rings. The lowest BCUT2D eigenvalue weighted by atomic mass is 10.1. The number of rotatable bonds is 6. The summed E-state index contributed by atoms with van der Waals surface area (Å²) in [4.78, 5) is 26.2. The summed E-state index contributed by atoms with van der Waals surface area (Å²) in [6.07, 6.45) is 1.26. The summed E-state index contributed by atoms with van der Waals surface area (Å²) in [6.45, 7) is 4.28. The summed E-state index contributed by atoms with van der Waals surface area (Å²) in [6, 6.07) is 12.1. The Kier molecular flexibility index (Phi) is 5.94. The smallest absolute Gasteiger partial charge is 0.291 e. The normalized spacial score (nSPS) is 13.9. The van der Waals surface area contributed by atoms with E-state index < -0.39 is 15.9 Å². The van der Waals surface area contributed by atoms with Gasteiger partial charge in [-0.25, -0.2) is 0 Å². The van der Waals surface area contributed by atoms with Gasteiger partial charge in [0.2, 0.25) is 11.0 Å². The van der Waals surface area contributed by atoms with Crippen LogP contribution in [0, 0.1) is 13.8 Å². The van der Waals surface area contributed by atoms with Crippen LogP contribution >= 0.6 is 11.3 Å². The van der Waals surface area contributed by atoms with Gasteiger partial charge in [0.05, 0.1) is 5.69 Å². The Morgan fingerprint density at radius 2 is 1.88 bits per heavy atom. The van der Waals surface area contributed by atoms with Crippen molar-refractivity contribution in [2.24, 2.45) is 0 Å². The van der Waals surface area contributed by atoms with Gasteiger partial charge in [0.25, 0.3) is 20.3 Å². The summed E-state index contributed by atoms with van der Waals surface area (Å²) in [5.41, 5.74) is 3.12. The average Bonchev–Trinajstić information content (AvgIpc) is 3.39. The van der Waals surface area contributed by atoms with E-state index in [2.05, 4.69) is 20.2 Å². The quantitative estimate of drug-likeness (QED) is 0.532. The zero-order valence-corrected chi connectivity index (χ0v) is 19.1. The first-order chi connectivity index (χ1) is 15.2. The number of sulfonamides is 1. The predicted molar refractivity (Wildman–Crippen MR) is 123 cm³/mol. The molecule has 2 aromatic carbocycles. The fraction of sp³-hybridized carbons (Fsp3) is 0.238. The van der Waals surface area contributed by atoms with Crippen LogP contribution in [0.25, 0.3) is 0 Å². The lowest BCUT2D eigenvalue weighted by Gasteiger charge is -2.19. The molecule has 0 bridgehead atoms. The van der Waals surface area contributed by atoms with E-state index in [0.717, 1.165) is 28.9 Å². The summed E-state index contributed by atoms with van der Waals surface area (Å²) in [5.74, 6) is -0.374. The van der Waals surface area contributed by atoms with Crippen molar-refractivity contribution in [3.8, 4) is 0 Å². The summed E-state index contributed by atoms with van der Waals surface area (Å²) in [7, 11) is -4.03. The summed E-state index contributed by atoms with van der Waals surface area (Å²) >= 11 is 0.752. The molecule has 0 spiro atoms. The van der Waals surface area contributed by atoms with Crippen molar-refractivity contribution in [1.29, 1.82) is 0 Å². The Bertz CT molecular complexity index is 1300. The minimum atomic E-state index is -4.03. The number of anilines is 3. The average molecular weight is 472 g/mol. The maximum atomic E-state index is 12.8. The van der Waals surface area contributed by atoms with Gasteiger partial charge in [-0.2, -0.15) is 8.42 Å². The van der Waals surface area contributed by atoms with E-state index in [1.165, 1.54) is 0 Å². The number of hydrogen-bond acceptors (Lipinski definition) is 7. The molecule has 3 aromatic rings. The summed E-state index contributed by atoms with van der Waals surface area (Å²) < 4.78 is 27.8. The third-order valence-corrected chi connectivity index (χ3v) is 7.66. The van der Waals surface area contributed by atoms with Crippen molar-refractivity contribution in [3.63, 3.8) is 0 Å². The third-order valence-electron chi connectivity index (χ3n) is 5.07. The molecule has 11 heteroatoms. The van der Waals surface area contributed by atoms with Gasteiger partial charge in [-0.15, -0.1) is 10.2 Å². The van der Waals surface area contributed by atoms with Crippen molar-refractivity contribution in [1.82, 2.24) is 10.2 Å². The van der Waals surface area contributed by atoms with E-state index >= 15 is 0 Å². The third kappa shape index (κ3) is 4.48. The number of benzene rings is 2. The number of carbonyl (C=O) groups excluding carboxylic acids is 2. The monoisotopic (exact) mass is 471 g/mol. The van der Waals surface area contributed by atoms with Crippen molar-refractivity contribution in [2.75, 3.05) is 21.5 Å². The van der Waals surface area contributed by atoms with E-state index in [-0.39, 0.29) is 15.4 Å². The second kappa shape index (κ2) is 8.67. The molecule has 2 N–H and O–H groups in total. The van der Waals surface area contributed by atoms with Crippen LogP contribution in [0.5, 0.6) is 0 Å². The highest BCUT2D eigenvalue weighted by Gasteiger charge is 2.25. The number of hydrogen-bond donors (Lipinski definition) is 2. The molecular weight excluding hydrogens is 450 g/mol. The second-order valence-electron chi connectivity index (χ2n) is 7.40. The van der Waals surface area contributed by atoms with Gasteiger partial charge in [-0.3, -0.25) is 19.6 Å². The van der Waals surface area contributed by atoms with Crippen LogP contribution in [-0.4, -0.2) is 37.0 Å². The van der Waals surface area contributed by atoms with E-state index in [4.69, 9.17) is 0 Å². The van der Waals surface area contributed by atoms with Gasteiger partial charge in [0.1, 0.15) is 0 Å². The van der Waals surface area contributed by atoms with Gasteiger partial charge in [0, 0.05) is 24.2 Å². The highest BCUT2D eigenvalue weighted by atomic mass is 32.2. The summed E-state index contributed by atoms with van der Waals surface area (Å²) in [5, 5.41) is 10.2. The fourth-order valence-electron chi connectivity index (χ4n) is 3.43. The van der Waals surface area contributed by atoms with Gasteiger partial charge < -0.3 is 4.90 Å². The van der Waals surface area contributed by atoms with E-state index in [9.17, 15) is 18.0 Å². The van der Waals surface area contributed by atoms with Crippen LogP contribution in [0.2, 0.25) is 0 Å². The number of aryl methyl sites for hydroxylation is 2. The van der Waals surface area contributed by atoms with Crippen LogP contribution in [0.1, 0.15) is 34.3 Å². The maximum absolute atomic E-state index is 12.8. The molecule has 4 rings (SSSR count). The topological polar surface area (TPSA) is 121 Å². The van der Waals surface area contributed by atoms with Gasteiger partial charge in [-0.1, -0.05) is 35.6 Å². The van der Waals surface area contributed by atoms with Crippen molar-refractivity contribution in [2.45, 2.75) is 31.0 Å². The molecule has 9 nitrogen and oxygen atoms in total. The Morgan fingerprint density at radius 1 is 1.09 bits per heavy atom. The van der Waals surface area contributed by atoms with Gasteiger partial charge in [-0.05, 0) is 49.6 Å². The molecule has 0 unspecified atom stereocenters. The lowest BCUT2D eigenvalue weighted by molar-refractivity contribution is -0.117. The van der Waals surface area contributed by atoms with E-state index in [1.807, 2.05) is 13.0 Å². The number of nitrogens with zero attached hydrogens (tertiary/aromatic N) is 3. The Morgan fingerprint density at radius 3 is 2.59 bits per heavy atom. The largest absolute Gasteiger partial charge is 0.312 e. The van der Waals surface area contributed by atoms with Crippen molar-refractivity contribution >= 4 is 49.7 Å². The minimum Gasteiger partial charge on any atom is -0.312 e. The molecule has 0 saturated carbocycles. The molecule has 1 aliphatic heterocycles. The Labute approximate surface area is 189 Å². The molecule has 2 amide bonds. The van der Waals surface area contributed by atoms with Crippen LogP contribution in [0.3, 0.4) is 0 Å². The highest BCUT2D eigenvalue weighted by molar-refractivity contribution is 7.94. The Balaban J connectivity index is 1.51. The molecule has 166 valence electrons. The van der Waals surface area contributed by atoms with Crippen LogP contribution in [0.15, 0.2) is 46.8 Å². The minimum absolute atomic E-state index is 0.0197. The fourth-order valence-corrected chi connectivity index (χ4v) is 5.37. The van der Waals surface area contributed by atoms with E-state index in [1.54, 1.807) is 48.2 Å². The molecular formula is C21H21N5O4S2. The van der Waals surface area contributed by atoms with Crippen LogP contribution in [-0.2, 0) is 14.8 Å². The number of nitrogens with one attached hydrogen (secondary N) is 2. The molecule has 2 heterocycles. The van der Waals surface area contributed by atoms with Crippen LogP contribution in [0.4, 0.5) is 16.5 Å². The zero-order chi connectivity index (χ0) is 22.9. The predicted octanol–water partition coefficient (Wildman–Crippen LogP) is 3.33. The van der Waals surface area contributed by atoms with Gasteiger partial charge >= 0.3 is 0 Å². The standard InChI is InChI=1S/C21H21N5O4S2/c1-13-6-3-4-7-16(13)19(28)22-20-23-24-21(31-20)32(29,30)25-15-10-9-14(2)17(12-15)26-11-5-8-18(26)27/h3-4,6-7,9-10,12,25H,5,8,11H2,1-2H3,(H,22,23,28). The van der Waals surface area contributed by atoms with Gasteiger partial charge in [0.15, 0.2) is 0 Å². The van der Waals surface area contributed by atoms with E-state index in [0.29, 0.717) is 29.9 Å². The highest BCUT2D eigenvalue weighted by Crippen LogP contribution is 2.30. The zero-order valence-electron chi connectivity index (χ0n) is 17.5. The number of aromatic nitrogens is 2. The SMILES string of the molecule is Cc1ccccc1C(=O)Nc1nnc(S(=O)(=O)Nc2ccc(C)c(N3CCCC3=O)c2)s1. The number of carbonyl (C=O) groups is 2. The molecule has 0 atom stereocenters. The molecule has 32 heavy (non-hydrogen) atoms. The van der Waals surface area contributed by atoms with Crippen molar-refractivity contribution in [3.05, 3.63) is 59.2 Å². The molecule has 1 saturated heterocycles. The lowest BCUT2D eigenvalue weighted by Crippen LogP contribution is -2.24. The first kappa shape index (κ1) is 21.9. The molecule has 0 radical (unpaired) electrons. The first-order valence-electron chi connectivity index (χ1n) is 9.89. The van der Waals surface area contributed by atoms with Crippen molar-refractivity contribution < 1.29 is 18.0 Å². The molecule has 1 fully saturated rings. The second-order valence-corrected chi connectivity index (χ2v) is 10.2. The number of amides is 2. The molecule has 1 aromatic heterocycles. The van der Waals surface area contributed by atoms with Crippen LogP contribution < -0.4 is 14.9 Å². The first-order valence-corrected chi connectivity index (χ1v) is 12.2. The maximum Gasteiger partial charge on any atom is 0.291 e. The Hall–Kier alpha value is -3.31.